The molecule has 2 aromatic heterocycles. The SMILES string of the molecule is Cc1nc(Cc2nnc(SCCOc3ccc(Cl)cc3Cl)o2)cs1. The Balaban J connectivity index is 1.45. The quantitative estimate of drug-likeness (QED) is 0.414. The molecule has 3 aromatic rings. The molecule has 0 saturated heterocycles. The Morgan fingerprint density at radius 2 is 2.17 bits per heavy atom. The van der Waals surface area contributed by atoms with Gasteiger partial charge in [0.2, 0.25) is 5.89 Å². The summed E-state index contributed by atoms with van der Waals surface area (Å²) in [5, 5.41) is 12.7. The molecule has 0 saturated carbocycles. The monoisotopic (exact) mass is 401 g/mol. The van der Waals surface area contributed by atoms with Crippen LogP contribution in [-0.2, 0) is 6.42 Å². The van der Waals surface area contributed by atoms with Crippen molar-refractivity contribution in [2.75, 3.05) is 12.4 Å². The van der Waals surface area contributed by atoms with Crippen LogP contribution in [0.15, 0.2) is 33.2 Å². The van der Waals surface area contributed by atoms with E-state index in [-0.39, 0.29) is 0 Å². The van der Waals surface area contributed by atoms with Crippen molar-refractivity contribution in [3.05, 3.63) is 50.2 Å². The third-order valence-electron chi connectivity index (χ3n) is 2.91. The molecule has 3 rings (SSSR count). The molecule has 0 unspecified atom stereocenters. The summed E-state index contributed by atoms with van der Waals surface area (Å²) in [5.41, 5.74) is 0.943. The van der Waals surface area contributed by atoms with Crippen LogP contribution >= 0.6 is 46.3 Å². The van der Waals surface area contributed by atoms with E-state index in [4.69, 9.17) is 32.4 Å². The van der Waals surface area contributed by atoms with Crippen LogP contribution in [0.1, 0.15) is 16.6 Å². The van der Waals surface area contributed by atoms with Crippen LogP contribution in [0.25, 0.3) is 0 Å². The van der Waals surface area contributed by atoms with Gasteiger partial charge in [0.05, 0.1) is 28.8 Å². The molecule has 24 heavy (non-hydrogen) atoms. The van der Waals surface area contributed by atoms with E-state index < -0.39 is 0 Å². The Labute approximate surface area is 157 Å². The molecule has 0 atom stereocenters. The molecule has 1 aromatic carbocycles. The second-order valence-electron chi connectivity index (χ2n) is 4.77. The van der Waals surface area contributed by atoms with Gasteiger partial charge in [0.1, 0.15) is 5.75 Å². The van der Waals surface area contributed by atoms with Gasteiger partial charge in [0.15, 0.2) is 0 Å². The summed E-state index contributed by atoms with van der Waals surface area (Å²) in [5.74, 6) is 1.83. The lowest BCUT2D eigenvalue weighted by atomic mass is 10.3. The third-order valence-corrected chi connectivity index (χ3v) is 5.04. The summed E-state index contributed by atoms with van der Waals surface area (Å²) < 4.78 is 11.2. The Morgan fingerprint density at radius 1 is 1.29 bits per heavy atom. The Bertz CT molecular complexity index is 823. The van der Waals surface area contributed by atoms with Gasteiger partial charge in [0, 0.05) is 16.2 Å². The number of hydrogen-bond donors (Lipinski definition) is 0. The van der Waals surface area contributed by atoms with Crippen molar-refractivity contribution in [3.8, 4) is 5.75 Å². The fourth-order valence-corrected chi connectivity index (χ4v) is 3.56. The number of ether oxygens (including phenoxy) is 1. The van der Waals surface area contributed by atoms with Crippen LogP contribution in [0.2, 0.25) is 10.0 Å². The van der Waals surface area contributed by atoms with Crippen LogP contribution in [0.4, 0.5) is 0 Å². The van der Waals surface area contributed by atoms with Gasteiger partial charge < -0.3 is 9.15 Å². The van der Waals surface area contributed by atoms with Crippen LogP contribution in [0, 0.1) is 6.92 Å². The maximum atomic E-state index is 6.05. The standard InChI is InChI=1S/C15H13Cl2N3O2S2/c1-9-18-11(8-24-9)7-14-19-20-15(22-14)23-5-4-21-13-3-2-10(16)6-12(13)17/h2-3,6,8H,4-5,7H2,1H3. The molecule has 0 spiro atoms. The zero-order chi connectivity index (χ0) is 16.9. The molecule has 9 heteroatoms. The van der Waals surface area contributed by atoms with Crippen LogP contribution < -0.4 is 4.74 Å². The van der Waals surface area contributed by atoms with E-state index in [1.54, 1.807) is 29.5 Å². The molecule has 0 radical (unpaired) electrons. The van der Waals surface area contributed by atoms with Gasteiger partial charge in [-0.05, 0) is 25.1 Å². The second kappa shape index (κ2) is 8.20. The first-order chi connectivity index (χ1) is 11.6. The van der Waals surface area contributed by atoms with Gasteiger partial charge in [-0.1, -0.05) is 35.0 Å². The normalized spacial score (nSPS) is 11.0. The first-order valence-electron chi connectivity index (χ1n) is 7.04. The summed E-state index contributed by atoms with van der Waals surface area (Å²) in [4.78, 5) is 4.38. The first-order valence-corrected chi connectivity index (χ1v) is 9.66. The minimum absolute atomic E-state index is 0.467. The number of hydrogen-bond acceptors (Lipinski definition) is 7. The molecule has 0 amide bonds. The van der Waals surface area contributed by atoms with Crippen molar-refractivity contribution < 1.29 is 9.15 Å². The molecule has 0 bridgehead atoms. The lowest BCUT2D eigenvalue weighted by Gasteiger charge is -2.06. The highest BCUT2D eigenvalue weighted by Crippen LogP contribution is 2.28. The smallest absolute Gasteiger partial charge is 0.276 e. The third kappa shape index (κ3) is 4.86. The summed E-state index contributed by atoms with van der Waals surface area (Å²) in [6.07, 6.45) is 0.550. The molecule has 126 valence electrons. The van der Waals surface area contributed by atoms with E-state index in [0.29, 0.717) is 45.7 Å². The number of thioether (sulfide) groups is 1. The van der Waals surface area contributed by atoms with E-state index in [1.165, 1.54) is 11.8 Å². The van der Waals surface area contributed by atoms with Crippen molar-refractivity contribution in [3.63, 3.8) is 0 Å². The fraction of sp³-hybridized carbons (Fsp3) is 0.267. The molecule has 0 aliphatic heterocycles. The molecule has 2 heterocycles. The second-order valence-corrected chi connectivity index (χ2v) is 7.72. The van der Waals surface area contributed by atoms with Gasteiger partial charge >= 0.3 is 0 Å². The minimum atomic E-state index is 0.467. The lowest BCUT2D eigenvalue weighted by Crippen LogP contribution is -2.00. The predicted octanol–water partition coefficient (Wildman–Crippen LogP) is 4.90. The van der Waals surface area contributed by atoms with Crippen molar-refractivity contribution in [1.82, 2.24) is 15.2 Å². The van der Waals surface area contributed by atoms with E-state index in [0.717, 1.165) is 10.7 Å². The molecule has 0 aliphatic rings. The maximum Gasteiger partial charge on any atom is 0.276 e. The zero-order valence-corrected chi connectivity index (χ0v) is 15.8. The van der Waals surface area contributed by atoms with E-state index in [9.17, 15) is 0 Å². The largest absolute Gasteiger partial charge is 0.491 e. The molecule has 0 fully saturated rings. The summed E-state index contributed by atoms with van der Waals surface area (Å²) in [6.45, 7) is 2.44. The highest BCUT2D eigenvalue weighted by atomic mass is 35.5. The summed E-state index contributed by atoms with van der Waals surface area (Å²) >= 11 is 14.9. The van der Waals surface area contributed by atoms with E-state index in [2.05, 4.69) is 15.2 Å². The summed E-state index contributed by atoms with van der Waals surface area (Å²) in [6, 6.07) is 5.13. The molecule has 0 N–H and O–H groups in total. The number of halogens is 2. The predicted molar refractivity (Wildman–Crippen MR) is 96.6 cm³/mol. The van der Waals surface area contributed by atoms with Gasteiger partial charge in [-0.15, -0.1) is 21.5 Å². The fourth-order valence-electron chi connectivity index (χ4n) is 1.89. The highest BCUT2D eigenvalue weighted by molar-refractivity contribution is 7.99. The topological polar surface area (TPSA) is 61.0 Å². The van der Waals surface area contributed by atoms with Crippen molar-refractivity contribution in [2.24, 2.45) is 0 Å². The maximum absolute atomic E-state index is 6.05. The van der Waals surface area contributed by atoms with E-state index >= 15 is 0 Å². The Hall–Kier alpha value is -1.28. The Kier molecular flexibility index (Phi) is 5.99. The van der Waals surface area contributed by atoms with Crippen molar-refractivity contribution in [2.45, 2.75) is 18.6 Å². The van der Waals surface area contributed by atoms with Gasteiger partial charge in [-0.3, -0.25) is 0 Å². The Morgan fingerprint density at radius 3 is 2.92 bits per heavy atom. The highest BCUT2D eigenvalue weighted by Gasteiger charge is 2.10. The van der Waals surface area contributed by atoms with Gasteiger partial charge in [-0.2, -0.15) is 0 Å². The first kappa shape index (κ1) is 17.5. The van der Waals surface area contributed by atoms with E-state index in [1.807, 2.05) is 12.3 Å². The molecule has 5 nitrogen and oxygen atoms in total. The number of benzene rings is 1. The number of aryl methyl sites for hydroxylation is 1. The van der Waals surface area contributed by atoms with Crippen molar-refractivity contribution >= 4 is 46.3 Å². The molecular weight excluding hydrogens is 389 g/mol. The lowest BCUT2D eigenvalue weighted by molar-refractivity contribution is 0.343. The van der Waals surface area contributed by atoms with Gasteiger partial charge in [-0.25, -0.2) is 4.98 Å². The van der Waals surface area contributed by atoms with Crippen LogP contribution in [0.5, 0.6) is 5.75 Å². The number of thiazole rings is 1. The number of rotatable bonds is 7. The van der Waals surface area contributed by atoms with Gasteiger partial charge in [0.25, 0.3) is 5.22 Å². The van der Waals surface area contributed by atoms with Crippen molar-refractivity contribution in [1.29, 1.82) is 0 Å². The molecule has 0 aliphatic carbocycles. The zero-order valence-electron chi connectivity index (χ0n) is 12.7. The van der Waals surface area contributed by atoms with Crippen LogP contribution in [0.3, 0.4) is 0 Å². The number of aromatic nitrogens is 3. The van der Waals surface area contributed by atoms with Crippen LogP contribution in [-0.4, -0.2) is 27.5 Å². The molecular formula is C15H13Cl2N3O2S2. The minimum Gasteiger partial charge on any atom is -0.491 e. The average Bonchev–Trinajstić information content (AvgIpc) is 3.15. The number of nitrogens with zero attached hydrogens (tertiary/aromatic N) is 3. The average molecular weight is 402 g/mol. The summed E-state index contributed by atoms with van der Waals surface area (Å²) in [7, 11) is 0.